The summed E-state index contributed by atoms with van der Waals surface area (Å²) in [5.41, 5.74) is 0.477. The molecule has 0 radical (unpaired) electrons. The second-order valence-electron chi connectivity index (χ2n) is 5.93. The number of imide groups is 1. The minimum absolute atomic E-state index is 0.0748. The van der Waals surface area contributed by atoms with E-state index in [1.165, 1.54) is 23.2 Å². The number of hydrogen-bond acceptors (Lipinski definition) is 5. The Morgan fingerprint density at radius 1 is 0.962 bits per heavy atom. The maximum Gasteiger partial charge on any atom is 0.263 e. The highest BCUT2D eigenvalue weighted by atomic mass is 19.2. The first-order valence-corrected chi connectivity index (χ1v) is 7.70. The van der Waals surface area contributed by atoms with E-state index in [0.29, 0.717) is 5.56 Å². The van der Waals surface area contributed by atoms with Gasteiger partial charge in [-0.2, -0.15) is 5.11 Å². The third kappa shape index (κ3) is 2.52. The lowest BCUT2D eigenvalue weighted by molar-refractivity contribution is -0.123. The van der Waals surface area contributed by atoms with E-state index in [1.807, 2.05) is 0 Å². The molecule has 6 nitrogen and oxygen atoms in total. The van der Waals surface area contributed by atoms with Gasteiger partial charge in [-0.15, -0.1) is 0 Å². The Balaban J connectivity index is 1.62. The van der Waals surface area contributed by atoms with Crippen molar-refractivity contribution in [3.05, 3.63) is 65.5 Å². The van der Waals surface area contributed by atoms with Crippen LogP contribution in [0.1, 0.15) is 5.56 Å². The number of halogens is 3. The van der Waals surface area contributed by atoms with E-state index in [4.69, 9.17) is 0 Å². The van der Waals surface area contributed by atoms with Crippen LogP contribution in [0, 0.1) is 17.5 Å². The molecular formula is C17H11F3N4O2. The summed E-state index contributed by atoms with van der Waals surface area (Å²) in [6.45, 7) is 0.0765. The molecular weight excluding hydrogens is 349 g/mol. The lowest BCUT2D eigenvalue weighted by Gasteiger charge is -2.20. The van der Waals surface area contributed by atoms with Gasteiger partial charge in [-0.25, -0.2) is 18.1 Å². The van der Waals surface area contributed by atoms with E-state index in [9.17, 15) is 22.8 Å². The van der Waals surface area contributed by atoms with Gasteiger partial charge in [0.1, 0.15) is 5.82 Å². The zero-order valence-corrected chi connectivity index (χ0v) is 13.1. The third-order valence-electron chi connectivity index (χ3n) is 4.25. The maximum atomic E-state index is 13.5. The molecule has 0 spiro atoms. The summed E-state index contributed by atoms with van der Waals surface area (Å²) in [5.74, 6) is -4.00. The van der Waals surface area contributed by atoms with E-state index in [0.717, 1.165) is 23.1 Å². The molecule has 4 rings (SSSR count). The molecule has 2 heterocycles. The standard InChI is InChI=1S/C17H11F3N4O2/c18-10-3-1-2-9(6-10)8-23-15-14(21-22-23)16(25)24(17(15)26)11-4-5-12(19)13(20)7-11/h1-7,14-15H,8H2. The molecule has 1 saturated heterocycles. The Bertz CT molecular complexity index is 949. The van der Waals surface area contributed by atoms with Crippen LogP contribution in [0.4, 0.5) is 18.9 Å². The molecule has 2 unspecified atom stereocenters. The number of anilines is 1. The Labute approximate surface area is 145 Å². The van der Waals surface area contributed by atoms with Crippen LogP contribution < -0.4 is 4.90 Å². The molecule has 0 saturated carbocycles. The number of nitrogens with zero attached hydrogens (tertiary/aromatic N) is 4. The molecule has 9 heteroatoms. The molecule has 2 aromatic carbocycles. The minimum atomic E-state index is -1.17. The number of hydrogen-bond donors (Lipinski definition) is 0. The summed E-state index contributed by atoms with van der Waals surface area (Å²) in [4.78, 5) is 26.0. The summed E-state index contributed by atoms with van der Waals surface area (Å²) in [6.07, 6.45) is 0. The fourth-order valence-corrected chi connectivity index (χ4v) is 3.05. The number of amides is 2. The molecule has 26 heavy (non-hydrogen) atoms. The van der Waals surface area contributed by atoms with Crippen molar-refractivity contribution < 1.29 is 22.8 Å². The smallest absolute Gasteiger partial charge is 0.263 e. The maximum absolute atomic E-state index is 13.5. The van der Waals surface area contributed by atoms with Crippen molar-refractivity contribution >= 4 is 17.5 Å². The van der Waals surface area contributed by atoms with Gasteiger partial charge in [0.25, 0.3) is 11.8 Å². The average Bonchev–Trinajstić information content (AvgIpc) is 3.11. The van der Waals surface area contributed by atoms with Gasteiger partial charge in [-0.05, 0) is 29.8 Å². The van der Waals surface area contributed by atoms with Crippen LogP contribution in [0.3, 0.4) is 0 Å². The number of rotatable bonds is 3. The Morgan fingerprint density at radius 3 is 2.50 bits per heavy atom. The van der Waals surface area contributed by atoms with Crippen molar-refractivity contribution in [3.8, 4) is 0 Å². The first-order valence-electron chi connectivity index (χ1n) is 7.70. The van der Waals surface area contributed by atoms with Gasteiger partial charge in [-0.1, -0.05) is 17.4 Å². The lowest BCUT2D eigenvalue weighted by Crippen LogP contribution is -2.39. The second-order valence-corrected chi connectivity index (χ2v) is 5.93. The van der Waals surface area contributed by atoms with E-state index < -0.39 is 41.3 Å². The molecule has 0 N–H and O–H groups in total. The summed E-state index contributed by atoms with van der Waals surface area (Å²) in [7, 11) is 0. The fraction of sp³-hybridized carbons (Fsp3) is 0.176. The number of fused-ring (bicyclic) bond motifs is 1. The normalized spacial score (nSPS) is 21.7. The van der Waals surface area contributed by atoms with Crippen LogP contribution >= 0.6 is 0 Å². The topological polar surface area (TPSA) is 65.3 Å². The van der Waals surface area contributed by atoms with E-state index in [2.05, 4.69) is 10.3 Å². The van der Waals surface area contributed by atoms with Gasteiger partial charge in [-0.3, -0.25) is 14.6 Å². The van der Waals surface area contributed by atoms with Gasteiger partial charge in [0, 0.05) is 6.07 Å². The summed E-state index contributed by atoms with van der Waals surface area (Å²) < 4.78 is 39.9. The highest BCUT2D eigenvalue weighted by Crippen LogP contribution is 2.33. The predicted molar refractivity (Wildman–Crippen MR) is 83.2 cm³/mol. The molecule has 2 aliphatic rings. The van der Waals surface area contributed by atoms with E-state index >= 15 is 0 Å². The van der Waals surface area contributed by atoms with Crippen molar-refractivity contribution in [2.24, 2.45) is 10.3 Å². The highest BCUT2D eigenvalue weighted by molar-refractivity contribution is 6.25. The summed E-state index contributed by atoms with van der Waals surface area (Å²) >= 11 is 0. The van der Waals surface area contributed by atoms with Crippen LogP contribution in [0.5, 0.6) is 0 Å². The fourth-order valence-electron chi connectivity index (χ4n) is 3.05. The molecule has 2 atom stereocenters. The van der Waals surface area contributed by atoms with Crippen molar-refractivity contribution in [2.75, 3.05) is 4.90 Å². The number of benzene rings is 2. The Hall–Kier alpha value is -3.23. The molecule has 2 aliphatic heterocycles. The second kappa shape index (κ2) is 5.94. The van der Waals surface area contributed by atoms with Crippen LogP contribution in [0.15, 0.2) is 52.8 Å². The van der Waals surface area contributed by atoms with E-state index in [-0.39, 0.29) is 12.2 Å². The van der Waals surface area contributed by atoms with Crippen molar-refractivity contribution in [3.63, 3.8) is 0 Å². The van der Waals surface area contributed by atoms with Crippen molar-refractivity contribution in [1.29, 1.82) is 0 Å². The van der Waals surface area contributed by atoms with Crippen LogP contribution in [0.25, 0.3) is 0 Å². The first-order chi connectivity index (χ1) is 12.5. The van der Waals surface area contributed by atoms with Gasteiger partial charge < -0.3 is 0 Å². The van der Waals surface area contributed by atoms with Gasteiger partial charge in [0.15, 0.2) is 23.7 Å². The Kier molecular flexibility index (Phi) is 3.71. The SMILES string of the molecule is O=C1C2N=NN(Cc3cccc(F)c3)C2C(=O)N1c1ccc(F)c(F)c1. The molecule has 2 amide bonds. The van der Waals surface area contributed by atoms with Crippen LogP contribution in [-0.4, -0.2) is 28.9 Å². The number of carbonyl (C=O) groups is 2. The van der Waals surface area contributed by atoms with Gasteiger partial charge in [0.05, 0.1) is 12.2 Å². The summed E-state index contributed by atoms with van der Waals surface area (Å²) in [5, 5.41) is 8.95. The molecule has 0 bridgehead atoms. The molecule has 1 fully saturated rings. The van der Waals surface area contributed by atoms with E-state index in [1.54, 1.807) is 6.07 Å². The lowest BCUT2D eigenvalue weighted by atomic mass is 10.1. The van der Waals surface area contributed by atoms with Crippen molar-refractivity contribution in [2.45, 2.75) is 18.6 Å². The van der Waals surface area contributed by atoms with Crippen molar-refractivity contribution in [1.82, 2.24) is 5.01 Å². The molecule has 0 aromatic heterocycles. The van der Waals surface area contributed by atoms with Crippen LogP contribution in [0.2, 0.25) is 0 Å². The largest absolute Gasteiger partial charge is 0.271 e. The zero-order valence-electron chi connectivity index (χ0n) is 13.1. The number of carbonyl (C=O) groups excluding carboxylic acids is 2. The quantitative estimate of drug-likeness (QED) is 0.791. The first kappa shape index (κ1) is 16.2. The molecule has 132 valence electrons. The third-order valence-corrected chi connectivity index (χ3v) is 4.25. The predicted octanol–water partition coefficient (Wildman–Crippen LogP) is 2.60. The summed E-state index contributed by atoms with van der Waals surface area (Å²) in [6, 6.07) is 6.44. The van der Waals surface area contributed by atoms with Gasteiger partial charge >= 0.3 is 0 Å². The minimum Gasteiger partial charge on any atom is -0.271 e. The van der Waals surface area contributed by atoms with Gasteiger partial charge in [0.2, 0.25) is 0 Å². The zero-order chi connectivity index (χ0) is 18.4. The highest BCUT2D eigenvalue weighted by Gasteiger charge is 2.54. The molecule has 0 aliphatic carbocycles. The Morgan fingerprint density at radius 2 is 1.77 bits per heavy atom. The molecule has 2 aromatic rings. The average molecular weight is 360 g/mol. The monoisotopic (exact) mass is 360 g/mol. The van der Waals surface area contributed by atoms with Crippen LogP contribution in [-0.2, 0) is 16.1 Å².